The van der Waals surface area contributed by atoms with Gasteiger partial charge in [-0.1, -0.05) is 35.9 Å². The van der Waals surface area contributed by atoms with E-state index in [0.29, 0.717) is 0 Å². The first-order valence-electron chi connectivity index (χ1n) is 8.44. The first kappa shape index (κ1) is 18.8. The van der Waals surface area contributed by atoms with Crippen LogP contribution in [0.5, 0.6) is 0 Å². The van der Waals surface area contributed by atoms with Crippen LogP contribution in [0.1, 0.15) is 40.4 Å². The summed E-state index contributed by atoms with van der Waals surface area (Å²) in [5.74, 6) is -1.43. The van der Waals surface area contributed by atoms with Crippen molar-refractivity contribution in [3.8, 4) is 0 Å². The van der Waals surface area contributed by atoms with Crippen molar-refractivity contribution >= 4 is 29.2 Å². The Morgan fingerprint density at radius 3 is 2.81 bits per heavy atom. The van der Waals surface area contributed by atoms with E-state index in [4.69, 9.17) is 16.3 Å². The second-order valence-corrected chi connectivity index (χ2v) is 6.64. The predicted octanol–water partition coefficient (Wildman–Crippen LogP) is 3.60. The van der Waals surface area contributed by atoms with Crippen LogP contribution >= 0.6 is 11.6 Å². The van der Waals surface area contributed by atoms with Gasteiger partial charge in [-0.15, -0.1) is 0 Å². The van der Waals surface area contributed by atoms with E-state index < -0.39 is 29.1 Å². The zero-order valence-corrected chi connectivity index (χ0v) is 15.1. The maximum absolute atomic E-state index is 12.2. The van der Waals surface area contributed by atoms with Crippen molar-refractivity contribution in [1.82, 2.24) is 5.32 Å². The Hall–Kier alpha value is -2.93. The fraction of sp³-hybridized carbons (Fsp3) is 0.263. The molecule has 0 aliphatic heterocycles. The Labute approximate surface area is 160 Å². The Bertz CT molecular complexity index is 899. The Balaban J connectivity index is 1.63. The summed E-state index contributed by atoms with van der Waals surface area (Å²) in [5, 5.41) is 14.0. The number of amides is 1. The van der Waals surface area contributed by atoms with Crippen LogP contribution in [-0.2, 0) is 16.0 Å². The Morgan fingerprint density at radius 2 is 2.04 bits per heavy atom. The average molecular weight is 389 g/mol. The molecule has 8 heteroatoms. The van der Waals surface area contributed by atoms with E-state index in [-0.39, 0.29) is 16.6 Å². The van der Waals surface area contributed by atoms with E-state index in [9.17, 15) is 19.7 Å². The van der Waals surface area contributed by atoms with Gasteiger partial charge in [-0.2, -0.15) is 0 Å². The molecule has 0 saturated heterocycles. The van der Waals surface area contributed by atoms with Crippen LogP contribution in [0, 0.1) is 10.1 Å². The lowest BCUT2D eigenvalue weighted by Gasteiger charge is -2.26. The summed E-state index contributed by atoms with van der Waals surface area (Å²) in [5.41, 5.74) is 1.55. The fourth-order valence-electron chi connectivity index (χ4n) is 3.18. The van der Waals surface area contributed by atoms with Gasteiger partial charge in [0.05, 0.1) is 11.0 Å². The first-order chi connectivity index (χ1) is 13.0. The maximum atomic E-state index is 12.2. The van der Waals surface area contributed by atoms with Gasteiger partial charge < -0.3 is 10.1 Å². The normalized spacial score (nSPS) is 15.5. The van der Waals surface area contributed by atoms with Gasteiger partial charge in [-0.3, -0.25) is 14.9 Å². The topological polar surface area (TPSA) is 98.5 Å². The number of hydrogen-bond acceptors (Lipinski definition) is 5. The summed E-state index contributed by atoms with van der Waals surface area (Å²) < 4.78 is 4.95. The van der Waals surface area contributed by atoms with Crippen LogP contribution in [0.15, 0.2) is 42.5 Å². The molecule has 0 aromatic heterocycles. The lowest BCUT2D eigenvalue weighted by atomic mass is 9.88. The van der Waals surface area contributed by atoms with Gasteiger partial charge in [-0.05, 0) is 42.5 Å². The van der Waals surface area contributed by atoms with Crippen LogP contribution in [0.3, 0.4) is 0 Å². The Kier molecular flexibility index (Phi) is 5.71. The highest BCUT2D eigenvalue weighted by Crippen LogP contribution is 2.29. The monoisotopic (exact) mass is 388 g/mol. The summed E-state index contributed by atoms with van der Waals surface area (Å²) in [6.07, 6.45) is 2.73. The number of fused-ring (bicyclic) bond motifs is 1. The van der Waals surface area contributed by atoms with Gasteiger partial charge in [0.2, 0.25) is 0 Å². The number of nitrogens with one attached hydrogen (secondary N) is 1. The number of rotatable bonds is 5. The number of esters is 1. The molecule has 0 unspecified atom stereocenters. The van der Waals surface area contributed by atoms with Crippen LogP contribution < -0.4 is 5.32 Å². The molecule has 0 bridgehead atoms. The number of hydrogen-bond donors (Lipinski definition) is 1. The van der Waals surface area contributed by atoms with Crippen molar-refractivity contribution in [1.29, 1.82) is 0 Å². The van der Waals surface area contributed by atoms with Gasteiger partial charge in [0.15, 0.2) is 6.61 Å². The number of carbonyl (C=O) groups excluding carboxylic acids is 2. The summed E-state index contributed by atoms with van der Waals surface area (Å²) in [7, 11) is 0. The van der Waals surface area contributed by atoms with Gasteiger partial charge in [0.1, 0.15) is 5.56 Å². The lowest BCUT2D eigenvalue weighted by Crippen LogP contribution is -2.34. The highest BCUT2D eigenvalue weighted by molar-refractivity contribution is 6.31. The van der Waals surface area contributed by atoms with Gasteiger partial charge >= 0.3 is 5.97 Å². The van der Waals surface area contributed by atoms with Crippen LogP contribution in [0.2, 0.25) is 5.02 Å². The second-order valence-electron chi connectivity index (χ2n) is 6.21. The molecule has 1 atom stereocenters. The first-order valence-corrected chi connectivity index (χ1v) is 8.81. The third-order valence-corrected chi connectivity index (χ3v) is 4.65. The number of nitro benzene ring substituents is 1. The second kappa shape index (κ2) is 8.18. The van der Waals surface area contributed by atoms with E-state index in [1.54, 1.807) is 0 Å². The molecule has 0 spiro atoms. The van der Waals surface area contributed by atoms with Crippen molar-refractivity contribution in [3.63, 3.8) is 0 Å². The zero-order valence-electron chi connectivity index (χ0n) is 14.3. The molecule has 1 amide bonds. The van der Waals surface area contributed by atoms with Crippen molar-refractivity contribution < 1.29 is 19.2 Å². The van der Waals surface area contributed by atoms with Gasteiger partial charge in [0.25, 0.3) is 11.6 Å². The molecule has 3 rings (SSSR count). The van der Waals surface area contributed by atoms with Crippen LogP contribution in [0.4, 0.5) is 5.69 Å². The zero-order chi connectivity index (χ0) is 19.4. The third-order valence-electron chi connectivity index (χ3n) is 4.41. The maximum Gasteiger partial charge on any atom is 0.345 e. The number of ether oxygens (including phenoxy) is 1. The minimum absolute atomic E-state index is 0.137. The molecule has 0 radical (unpaired) electrons. The number of carbonyl (C=O) groups is 2. The summed E-state index contributed by atoms with van der Waals surface area (Å²) in [4.78, 5) is 34.7. The van der Waals surface area contributed by atoms with E-state index in [1.807, 2.05) is 24.3 Å². The molecular formula is C19H17ClN2O5. The number of nitro groups is 1. The number of aryl methyl sites for hydroxylation is 1. The number of nitrogens with zero attached hydrogens (tertiary/aromatic N) is 1. The van der Waals surface area contributed by atoms with Crippen molar-refractivity contribution in [2.75, 3.05) is 6.61 Å². The molecule has 7 nitrogen and oxygen atoms in total. The van der Waals surface area contributed by atoms with Crippen LogP contribution in [-0.4, -0.2) is 23.4 Å². The molecule has 140 valence electrons. The van der Waals surface area contributed by atoms with E-state index in [2.05, 4.69) is 5.32 Å². The standard InChI is InChI=1S/C19H17ClN2O5/c20-13-8-9-17(22(25)26)15(10-13)19(24)27-11-18(23)21-16-7-3-5-12-4-1-2-6-14(12)16/h1-2,4,6,8-10,16H,3,5,7,11H2,(H,21,23)/t16-/m1/s1. The molecule has 2 aromatic rings. The SMILES string of the molecule is O=C(COC(=O)c1cc(Cl)ccc1[N+](=O)[O-])N[C@@H]1CCCc2ccccc21. The predicted molar refractivity (Wildman–Crippen MR) is 98.7 cm³/mol. The molecule has 1 aliphatic rings. The quantitative estimate of drug-likeness (QED) is 0.479. The van der Waals surface area contributed by atoms with Gasteiger partial charge in [0, 0.05) is 11.1 Å². The highest BCUT2D eigenvalue weighted by atomic mass is 35.5. The molecule has 27 heavy (non-hydrogen) atoms. The van der Waals surface area contributed by atoms with Crippen LogP contribution in [0.25, 0.3) is 0 Å². The molecule has 0 fully saturated rings. The smallest absolute Gasteiger partial charge is 0.345 e. The minimum Gasteiger partial charge on any atom is -0.452 e. The van der Waals surface area contributed by atoms with Gasteiger partial charge in [-0.25, -0.2) is 4.79 Å². The minimum atomic E-state index is -0.969. The molecule has 0 heterocycles. The van der Waals surface area contributed by atoms with Crippen molar-refractivity contribution in [2.24, 2.45) is 0 Å². The van der Waals surface area contributed by atoms with E-state index >= 15 is 0 Å². The highest BCUT2D eigenvalue weighted by Gasteiger charge is 2.24. The summed E-state index contributed by atoms with van der Waals surface area (Å²) >= 11 is 5.80. The number of benzene rings is 2. The lowest BCUT2D eigenvalue weighted by molar-refractivity contribution is -0.385. The largest absolute Gasteiger partial charge is 0.452 e. The summed E-state index contributed by atoms with van der Waals surface area (Å²) in [6.45, 7) is -0.527. The average Bonchev–Trinajstić information content (AvgIpc) is 2.66. The molecule has 0 saturated carbocycles. The number of halogens is 1. The Morgan fingerprint density at radius 1 is 1.26 bits per heavy atom. The van der Waals surface area contributed by atoms with E-state index in [0.717, 1.165) is 37.0 Å². The molecule has 1 N–H and O–H groups in total. The summed E-state index contributed by atoms with van der Waals surface area (Å²) in [6, 6.07) is 11.3. The van der Waals surface area contributed by atoms with Crippen molar-refractivity contribution in [3.05, 3.63) is 74.3 Å². The molecular weight excluding hydrogens is 372 g/mol. The van der Waals surface area contributed by atoms with Crippen molar-refractivity contribution in [2.45, 2.75) is 25.3 Å². The third kappa shape index (κ3) is 4.43. The molecule has 1 aliphatic carbocycles. The fourth-order valence-corrected chi connectivity index (χ4v) is 3.35. The molecule has 2 aromatic carbocycles. The van der Waals surface area contributed by atoms with E-state index in [1.165, 1.54) is 11.6 Å².